The van der Waals surface area contributed by atoms with Crippen LogP contribution in [0.1, 0.15) is 32.0 Å². The van der Waals surface area contributed by atoms with Crippen molar-refractivity contribution in [1.29, 1.82) is 0 Å². The number of imidazole rings is 1. The molecule has 23 heavy (non-hydrogen) atoms. The summed E-state index contributed by atoms with van der Waals surface area (Å²) < 4.78 is 1.73. The van der Waals surface area contributed by atoms with Crippen molar-refractivity contribution in [3.05, 3.63) is 53.9 Å². The molecule has 5 heteroatoms. The van der Waals surface area contributed by atoms with Gasteiger partial charge >= 0.3 is 0 Å². The number of aromatic nitrogens is 2. The second-order valence-corrected chi connectivity index (χ2v) is 6.60. The minimum atomic E-state index is 0.117. The second kappa shape index (κ2) is 5.50. The van der Waals surface area contributed by atoms with Crippen molar-refractivity contribution >= 4 is 17.2 Å². The molecule has 3 aromatic rings. The SMILES string of the molecule is Cc1nc2c(O)cccn2c1N=Nc1ccc(C(C)(C)C)cc1. The standard InChI is InChI=1S/C18H20N4O/c1-12-16(22-11-5-6-15(23)17(22)19-12)21-20-14-9-7-13(8-10-14)18(2,3)4/h5-11,23H,1-4H3. The van der Waals surface area contributed by atoms with E-state index in [1.807, 2.05) is 25.3 Å². The zero-order valence-corrected chi connectivity index (χ0v) is 13.8. The third-order valence-electron chi connectivity index (χ3n) is 3.77. The fourth-order valence-corrected chi connectivity index (χ4v) is 2.41. The number of pyridine rings is 1. The van der Waals surface area contributed by atoms with Crippen molar-refractivity contribution in [3.8, 4) is 5.75 Å². The van der Waals surface area contributed by atoms with E-state index in [9.17, 15) is 5.11 Å². The molecule has 1 N–H and O–H groups in total. The Bertz CT molecular complexity index is 870. The molecule has 2 aromatic heterocycles. The molecular weight excluding hydrogens is 288 g/mol. The van der Waals surface area contributed by atoms with Crippen LogP contribution in [0.2, 0.25) is 0 Å². The average molecular weight is 308 g/mol. The van der Waals surface area contributed by atoms with Gasteiger partial charge in [0.25, 0.3) is 0 Å². The van der Waals surface area contributed by atoms with Crippen molar-refractivity contribution in [2.24, 2.45) is 10.2 Å². The number of fused-ring (bicyclic) bond motifs is 1. The number of aryl methyl sites for hydroxylation is 1. The van der Waals surface area contributed by atoms with E-state index in [1.165, 1.54) is 5.56 Å². The number of hydrogen-bond acceptors (Lipinski definition) is 4. The van der Waals surface area contributed by atoms with Gasteiger partial charge in [0.1, 0.15) is 0 Å². The second-order valence-electron chi connectivity index (χ2n) is 6.60. The fraction of sp³-hybridized carbons (Fsp3) is 0.278. The van der Waals surface area contributed by atoms with Crippen LogP contribution in [-0.2, 0) is 5.41 Å². The van der Waals surface area contributed by atoms with Crippen LogP contribution in [0, 0.1) is 6.92 Å². The van der Waals surface area contributed by atoms with Crippen LogP contribution in [0.5, 0.6) is 5.75 Å². The van der Waals surface area contributed by atoms with Crippen LogP contribution < -0.4 is 0 Å². The van der Waals surface area contributed by atoms with E-state index in [-0.39, 0.29) is 11.2 Å². The van der Waals surface area contributed by atoms with E-state index in [4.69, 9.17) is 0 Å². The summed E-state index contributed by atoms with van der Waals surface area (Å²) in [4.78, 5) is 4.33. The summed E-state index contributed by atoms with van der Waals surface area (Å²) in [6, 6.07) is 11.4. The first-order valence-electron chi connectivity index (χ1n) is 7.55. The van der Waals surface area contributed by atoms with Crippen molar-refractivity contribution in [3.63, 3.8) is 0 Å². The maximum atomic E-state index is 9.85. The molecule has 0 saturated carbocycles. The van der Waals surface area contributed by atoms with Crippen molar-refractivity contribution in [2.45, 2.75) is 33.1 Å². The van der Waals surface area contributed by atoms with Crippen molar-refractivity contribution in [1.82, 2.24) is 9.38 Å². The quantitative estimate of drug-likeness (QED) is 0.672. The molecule has 0 saturated heterocycles. The number of hydrogen-bond donors (Lipinski definition) is 1. The average Bonchev–Trinajstić information content (AvgIpc) is 2.82. The first-order valence-corrected chi connectivity index (χ1v) is 7.55. The third-order valence-corrected chi connectivity index (χ3v) is 3.77. The summed E-state index contributed by atoms with van der Waals surface area (Å²) in [6.07, 6.45) is 1.81. The van der Waals surface area contributed by atoms with Gasteiger partial charge in [0.2, 0.25) is 0 Å². The Kier molecular flexibility index (Phi) is 3.64. The third kappa shape index (κ3) is 2.95. The molecule has 0 unspecified atom stereocenters. The van der Waals surface area contributed by atoms with E-state index in [1.54, 1.807) is 16.5 Å². The van der Waals surface area contributed by atoms with Crippen LogP contribution >= 0.6 is 0 Å². The van der Waals surface area contributed by atoms with Gasteiger partial charge in [-0.15, -0.1) is 10.2 Å². The minimum absolute atomic E-state index is 0.117. The number of azo groups is 1. The molecule has 0 aliphatic heterocycles. The first kappa shape index (κ1) is 15.2. The summed E-state index contributed by atoms with van der Waals surface area (Å²) in [5, 5.41) is 18.5. The normalized spacial score (nSPS) is 12.3. The Morgan fingerprint density at radius 1 is 1.04 bits per heavy atom. The fourth-order valence-electron chi connectivity index (χ4n) is 2.41. The maximum absolute atomic E-state index is 9.85. The van der Waals surface area contributed by atoms with E-state index in [0.29, 0.717) is 11.5 Å². The molecule has 0 fully saturated rings. The zero-order valence-electron chi connectivity index (χ0n) is 13.8. The highest BCUT2D eigenvalue weighted by atomic mass is 16.3. The van der Waals surface area contributed by atoms with E-state index < -0.39 is 0 Å². The molecule has 118 valence electrons. The molecule has 2 heterocycles. The van der Waals surface area contributed by atoms with Gasteiger partial charge in [0.15, 0.2) is 17.2 Å². The van der Waals surface area contributed by atoms with E-state index in [2.05, 4.69) is 48.1 Å². The molecule has 5 nitrogen and oxygen atoms in total. The topological polar surface area (TPSA) is 62.2 Å². The molecule has 0 aliphatic rings. The van der Waals surface area contributed by atoms with Crippen molar-refractivity contribution < 1.29 is 5.11 Å². The molecule has 0 spiro atoms. The number of benzene rings is 1. The van der Waals surface area contributed by atoms with Gasteiger partial charge in [0.05, 0.1) is 11.4 Å². The minimum Gasteiger partial charge on any atom is -0.504 e. The van der Waals surface area contributed by atoms with E-state index in [0.717, 1.165) is 11.4 Å². The molecule has 0 atom stereocenters. The highest BCUT2D eigenvalue weighted by Gasteiger charge is 2.13. The van der Waals surface area contributed by atoms with Crippen LogP contribution in [0.4, 0.5) is 11.5 Å². The Morgan fingerprint density at radius 3 is 2.39 bits per heavy atom. The van der Waals surface area contributed by atoms with Gasteiger partial charge in [-0.1, -0.05) is 32.9 Å². The van der Waals surface area contributed by atoms with Crippen molar-refractivity contribution in [2.75, 3.05) is 0 Å². The Morgan fingerprint density at radius 2 is 1.74 bits per heavy atom. The lowest BCUT2D eigenvalue weighted by molar-refractivity contribution is 0.477. The summed E-state index contributed by atoms with van der Waals surface area (Å²) >= 11 is 0. The molecule has 0 bridgehead atoms. The zero-order chi connectivity index (χ0) is 16.6. The number of rotatable bonds is 2. The van der Waals surface area contributed by atoms with Gasteiger partial charge in [-0.3, -0.25) is 4.40 Å². The lowest BCUT2D eigenvalue weighted by Gasteiger charge is -2.18. The monoisotopic (exact) mass is 308 g/mol. The lowest BCUT2D eigenvalue weighted by atomic mass is 9.87. The molecule has 0 radical (unpaired) electrons. The molecule has 1 aromatic carbocycles. The summed E-state index contributed by atoms with van der Waals surface area (Å²) in [6.45, 7) is 8.39. The Balaban J connectivity index is 1.94. The molecule has 0 aliphatic carbocycles. The first-order chi connectivity index (χ1) is 10.9. The number of nitrogens with zero attached hydrogens (tertiary/aromatic N) is 4. The summed E-state index contributed by atoms with van der Waals surface area (Å²) in [5.41, 5.74) is 3.37. The van der Waals surface area contributed by atoms with Gasteiger partial charge in [-0.05, 0) is 42.2 Å². The van der Waals surface area contributed by atoms with Crippen LogP contribution in [0.25, 0.3) is 5.65 Å². The molecule has 3 rings (SSSR count). The van der Waals surface area contributed by atoms with Crippen LogP contribution in [0.3, 0.4) is 0 Å². The van der Waals surface area contributed by atoms with Crippen LogP contribution in [0.15, 0.2) is 52.8 Å². The summed E-state index contributed by atoms with van der Waals surface area (Å²) in [7, 11) is 0. The van der Waals surface area contributed by atoms with E-state index >= 15 is 0 Å². The maximum Gasteiger partial charge on any atom is 0.182 e. The summed E-state index contributed by atoms with van der Waals surface area (Å²) in [5.74, 6) is 0.752. The number of aromatic hydroxyl groups is 1. The smallest absolute Gasteiger partial charge is 0.182 e. The Hall–Kier alpha value is -2.69. The van der Waals surface area contributed by atoms with Gasteiger partial charge in [-0.2, -0.15) is 0 Å². The molecular formula is C18H20N4O. The Labute approximate surface area is 135 Å². The largest absolute Gasteiger partial charge is 0.504 e. The molecule has 0 amide bonds. The lowest BCUT2D eigenvalue weighted by Crippen LogP contribution is -2.10. The highest BCUT2D eigenvalue weighted by molar-refractivity contribution is 5.59. The predicted molar refractivity (Wildman–Crippen MR) is 90.9 cm³/mol. The van der Waals surface area contributed by atoms with Gasteiger partial charge in [0, 0.05) is 6.20 Å². The van der Waals surface area contributed by atoms with Gasteiger partial charge in [-0.25, -0.2) is 4.98 Å². The highest BCUT2D eigenvalue weighted by Crippen LogP contribution is 2.28. The predicted octanol–water partition coefficient (Wildman–Crippen LogP) is 5.06. The van der Waals surface area contributed by atoms with Crippen LogP contribution in [-0.4, -0.2) is 14.5 Å². The van der Waals surface area contributed by atoms with Gasteiger partial charge < -0.3 is 5.11 Å².